The average Bonchev–Trinajstić information content (AvgIpc) is 3.30. The Morgan fingerprint density at radius 2 is 2.08 bits per heavy atom. The molecule has 0 radical (unpaired) electrons. The number of hydrogen-bond donors (Lipinski definition) is 0. The van der Waals surface area contributed by atoms with Gasteiger partial charge in [0, 0.05) is 29.1 Å². The highest BCUT2D eigenvalue weighted by Gasteiger charge is 2.31. The lowest BCUT2D eigenvalue weighted by Gasteiger charge is -2.29. The van der Waals surface area contributed by atoms with Gasteiger partial charge in [-0.3, -0.25) is 4.79 Å². The summed E-state index contributed by atoms with van der Waals surface area (Å²) in [6, 6.07) is 6.79. The number of halogens is 1. The predicted molar refractivity (Wildman–Crippen MR) is 105 cm³/mol. The Kier molecular flexibility index (Phi) is 5.32. The van der Waals surface area contributed by atoms with Crippen LogP contribution in [0.1, 0.15) is 46.2 Å². The number of hydrogen-bond acceptors (Lipinski definition) is 4. The fourth-order valence-electron chi connectivity index (χ4n) is 2.93. The van der Waals surface area contributed by atoms with Crippen molar-refractivity contribution in [3.8, 4) is 0 Å². The van der Waals surface area contributed by atoms with Crippen LogP contribution in [0.25, 0.3) is 0 Å². The van der Waals surface area contributed by atoms with Gasteiger partial charge in [0.25, 0.3) is 0 Å². The van der Waals surface area contributed by atoms with Gasteiger partial charge in [0.05, 0.1) is 12.2 Å². The smallest absolute Gasteiger partial charge is 0.232 e. The molecule has 4 nitrogen and oxygen atoms in total. The quantitative estimate of drug-likeness (QED) is 0.724. The van der Waals surface area contributed by atoms with Gasteiger partial charge in [-0.15, -0.1) is 11.3 Å². The van der Waals surface area contributed by atoms with Crippen molar-refractivity contribution in [3.63, 3.8) is 0 Å². The van der Waals surface area contributed by atoms with Gasteiger partial charge in [-0.05, 0) is 38.0 Å². The molecule has 1 aliphatic rings. The Labute approximate surface area is 158 Å². The Morgan fingerprint density at radius 3 is 2.65 bits per heavy atom. The molecule has 0 bridgehead atoms. The summed E-state index contributed by atoms with van der Waals surface area (Å²) in [5, 5.41) is 3.01. The molecule has 26 heavy (non-hydrogen) atoms. The Bertz CT molecular complexity index is 779. The van der Waals surface area contributed by atoms with Crippen LogP contribution in [0.5, 0.6) is 0 Å². The first-order valence-corrected chi connectivity index (χ1v) is 9.96. The molecule has 0 atom stereocenters. The summed E-state index contributed by atoms with van der Waals surface area (Å²) in [6.45, 7) is 9.05. The molecule has 1 saturated carbocycles. The summed E-state index contributed by atoms with van der Waals surface area (Å²) in [5.41, 5.74) is 0.842. The fourth-order valence-corrected chi connectivity index (χ4v) is 3.88. The van der Waals surface area contributed by atoms with Gasteiger partial charge < -0.3 is 9.80 Å². The van der Waals surface area contributed by atoms with Crippen molar-refractivity contribution in [2.45, 2.75) is 53.1 Å². The summed E-state index contributed by atoms with van der Waals surface area (Å²) in [4.78, 5) is 21.7. The van der Waals surface area contributed by atoms with Crippen molar-refractivity contribution >= 4 is 28.1 Å². The number of anilines is 2. The lowest BCUT2D eigenvalue weighted by molar-refractivity contribution is -0.125. The van der Waals surface area contributed by atoms with E-state index < -0.39 is 5.41 Å². The monoisotopic (exact) mass is 375 g/mol. The van der Waals surface area contributed by atoms with Crippen LogP contribution in [0.15, 0.2) is 29.6 Å². The van der Waals surface area contributed by atoms with E-state index in [9.17, 15) is 9.18 Å². The lowest BCUT2D eigenvalue weighted by Crippen LogP contribution is -2.39. The summed E-state index contributed by atoms with van der Waals surface area (Å²) < 4.78 is 13.7. The zero-order valence-electron chi connectivity index (χ0n) is 15.8. The molecule has 0 aliphatic heterocycles. The predicted octanol–water partition coefficient (Wildman–Crippen LogP) is 4.85. The number of benzene rings is 1. The summed E-state index contributed by atoms with van der Waals surface area (Å²) in [6.07, 6.45) is 2.45. The molecule has 1 aromatic carbocycles. The molecule has 1 amide bonds. The van der Waals surface area contributed by atoms with Crippen molar-refractivity contribution in [1.29, 1.82) is 0 Å². The van der Waals surface area contributed by atoms with Gasteiger partial charge in [0.15, 0.2) is 5.13 Å². The third-order valence-electron chi connectivity index (χ3n) is 4.44. The second-order valence-corrected chi connectivity index (χ2v) is 8.60. The largest absolute Gasteiger partial charge is 0.345 e. The highest BCUT2D eigenvalue weighted by Crippen LogP contribution is 2.34. The van der Waals surface area contributed by atoms with E-state index in [1.54, 1.807) is 28.4 Å². The van der Waals surface area contributed by atoms with Gasteiger partial charge in [0.2, 0.25) is 5.91 Å². The Balaban J connectivity index is 1.86. The third kappa shape index (κ3) is 4.23. The number of aromatic nitrogens is 1. The van der Waals surface area contributed by atoms with Crippen LogP contribution < -0.4 is 9.80 Å². The topological polar surface area (TPSA) is 36.4 Å². The van der Waals surface area contributed by atoms with Gasteiger partial charge in [-0.25, -0.2) is 9.37 Å². The number of carbonyl (C=O) groups is 1. The van der Waals surface area contributed by atoms with Gasteiger partial charge in [0.1, 0.15) is 5.82 Å². The van der Waals surface area contributed by atoms with E-state index in [4.69, 9.17) is 4.98 Å². The van der Waals surface area contributed by atoms with Crippen molar-refractivity contribution in [1.82, 2.24) is 4.98 Å². The number of carbonyl (C=O) groups excluding carboxylic acids is 1. The van der Waals surface area contributed by atoms with E-state index in [1.807, 2.05) is 26.2 Å². The average molecular weight is 376 g/mol. The van der Waals surface area contributed by atoms with Gasteiger partial charge >= 0.3 is 0 Å². The van der Waals surface area contributed by atoms with E-state index in [2.05, 4.69) is 11.8 Å². The van der Waals surface area contributed by atoms with Crippen LogP contribution in [-0.4, -0.2) is 23.5 Å². The first-order valence-electron chi connectivity index (χ1n) is 9.08. The Morgan fingerprint density at radius 1 is 1.35 bits per heavy atom. The van der Waals surface area contributed by atoms with Crippen LogP contribution >= 0.6 is 11.3 Å². The highest BCUT2D eigenvalue weighted by molar-refractivity contribution is 7.13. The van der Waals surface area contributed by atoms with Crippen LogP contribution in [-0.2, 0) is 11.3 Å². The molecule has 3 rings (SSSR count). The number of rotatable bonds is 6. The lowest BCUT2D eigenvalue weighted by atomic mass is 9.94. The molecule has 0 N–H and O–H groups in total. The molecule has 6 heteroatoms. The highest BCUT2D eigenvalue weighted by atomic mass is 32.1. The van der Waals surface area contributed by atoms with E-state index in [0.717, 1.165) is 17.4 Å². The third-order valence-corrected chi connectivity index (χ3v) is 5.37. The summed E-state index contributed by atoms with van der Waals surface area (Å²) >= 11 is 1.61. The van der Waals surface area contributed by atoms with Crippen molar-refractivity contribution < 1.29 is 9.18 Å². The van der Waals surface area contributed by atoms with Gasteiger partial charge in [-0.1, -0.05) is 26.8 Å². The first kappa shape index (κ1) is 18.8. The molecular weight excluding hydrogens is 349 g/mol. The van der Waals surface area contributed by atoms with E-state index in [-0.39, 0.29) is 11.7 Å². The SMILES string of the molecule is CCN(c1nc(CN(C(=O)C(C)(C)C)c2cccc(F)c2)cs1)C1CC1. The van der Waals surface area contributed by atoms with Crippen molar-refractivity contribution in [2.24, 2.45) is 5.41 Å². The maximum atomic E-state index is 13.7. The van der Waals surface area contributed by atoms with E-state index >= 15 is 0 Å². The zero-order valence-corrected chi connectivity index (χ0v) is 16.6. The molecule has 2 aromatic rings. The molecule has 1 heterocycles. The molecule has 0 spiro atoms. The molecule has 1 aromatic heterocycles. The number of amides is 1. The minimum absolute atomic E-state index is 0.0489. The maximum Gasteiger partial charge on any atom is 0.232 e. The second kappa shape index (κ2) is 7.35. The van der Waals surface area contributed by atoms with Crippen LogP contribution in [0.2, 0.25) is 0 Å². The molecule has 140 valence electrons. The van der Waals surface area contributed by atoms with Gasteiger partial charge in [-0.2, -0.15) is 0 Å². The maximum absolute atomic E-state index is 13.7. The molecular formula is C20H26FN3OS. The number of nitrogens with zero attached hydrogens (tertiary/aromatic N) is 3. The van der Waals surface area contributed by atoms with Crippen LogP contribution in [0.4, 0.5) is 15.2 Å². The summed E-state index contributed by atoms with van der Waals surface area (Å²) in [7, 11) is 0. The minimum atomic E-state index is -0.561. The zero-order chi connectivity index (χ0) is 18.9. The molecule has 1 fully saturated rings. The van der Waals surface area contributed by atoms with Crippen LogP contribution in [0.3, 0.4) is 0 Å². The second-order valence-electron chi connectivity index (χ2n) is 7.76. The molecule has 1 aliphatic carbocycles. The first-order chi connectivity index (χ1) is 12.3. The fraction of sp³-hybridized carbons (Fsp3) is 0.500. The van der Waals surface area contributed by atoms with Crippen molar-refractivity contribution in [3.05, 3.63) is 41.2 Å². The van der Waals surface area contributed by atoms with E-state index in [1.165, 1.54) is 25.0 Å². The number of thiazole rings is 1. The van der Waals surface area contributed by atoms with E-state index in [0.29, 0.717) is 18.3 Å². The standard InChI is InChI=1S/C20H26FN3OS/c1-5-23(16-9-10-16)19-22-15(13-26-19)12-24(18(25)20(2,3)4)17-8-6-7-14(21)11-17/h6-8,11,13,16H,5,9-10,12H2,1-4H3. The minimum Gasteiger partial charge on any atom is -0.345 e. The molecule has 0 unspecified atom stereocenters. The van der Waals surface area contributed by atoms with Crippen LogP contribution in [0, 0.1) is 11.2 Å². The molecule has 0 saturated heterocycles. The summed E-state index contributed by atoms with van der Waals surface area (Å²) in [5.74, 6) is -0.397. The normalized spacial score (nSPS) is 14.3. The Hall–Kier alpha value is -1.95. The van der Waals surface area contributed by atoms with Crippen molar-refractivity contribution in [2.75, 3.05) is 16.3 Å².